The molecule has 5 atom stereocenters. The molecule has 4 nitrogen and oxygen atoms in total. The van der Waals surface area contributed by atoms with Crippen LogP contribution in [0.4, 0.5) is 0 Å². The quantitative estimate of drug-likeness (QED) is 0.304. The van der Waals surface area contributed by atoms with E-state index >= 15 is 0 Å². The Labute approximate surface area is 167 Å². The van der Waals surface area contributed by atoms with Gasteiger partial charge in [0.2, 0.25) is 0 Å². The van der Waals surface area contributed by atoms with Crippen molar-refractivity contribution in [3.63, 3.8) is 0 Å². The number of aldehydes is 1. The molecule has 4 aliphatic rings. The van der Waals surface area contributed by atoms with Crippen LogP contribution < -0.4 is 0 Å². The zero-order valence-corrected chi connectivity index (χ0v) is 17.3. The number of ketones is 1. The lowest BCUT2D eigenvalue weighted by Gasteiger charge is -2.53. The lowest BCUT2D eigenvalue weighted by atomic mass is 9.52. The molecule has 0 spiro atoms. The standard InChI is InChI=1S/C24H32O4/c1-14(2)23(27)28-22(13-25)21-9-8-20-19-6-4-15-12-16(26)5-7-17(15)18(19)10-11-24(20,21)3/h12-14,17-20H,4-11H2,1-3H3/b22-21+/t17-,18+,19+,20-,24-/m0/s1. The van der Waals surface area contributed by atoms with Gasteiger partial charge in [0.05, 0.1) is 5.92 Å². The average Bonchev–Trinajstić information content (AvgIpc) is 3.02. The molecule has 0 heterocycles. The largest absolute Gasteiger partial charge is 0.423 e. The average molecular weight is 385 g/mol. The lowest BCUT2D eigenvalue weighted by molar-refractivity contribution is -0.144. The second kappa shape index (κ2) is 7.27. The van der Waals surface area contributed by atoms with Gasteiger partial charge in [-0.3, -0.25) is 14.4 Å². The third-order valence-corrected chi connectivity index (χ3v) is 8.17. The summed E-state index contributed by atoms with van der Waals surface area (Å²) in [5.74, 6) is 2.47. The molecule has 0 saturated heterocycles. The molecule has 0 unspecified atom stereocenters. The topological polar surface area (TPSA) is 60.4 Å². The zero-order chi connectivity index (χ0) is 20.1. The minimum absolute atomic E-state index is 0.0413. The van der Waals surface area contributed by atoms with Crippen molar-refractivity contribution in [3.05, 3.63) is 23.0 Å². The highest BCUT2D eigenvalue weighted by atomic mass is 16.5. The van der Waals surface area contributed by atoms with Gasteiger partial charge in [-0.1, -0.05) is 26.3 Å². The van der Waals surface area contributed by atoms with E-state index in [9.17, 15) is 14.4 Å². The SMILES string of the molecule is CC(C)C(=O)O/C(C=O)=C1\CC[C@H]2[C@@H]3CCC4=CC(=O)CC[C@@H]4[C@H]3CC[C@]12C. The van der Waals surface area contributed by atoms with Crippen LogP contribution in [0.5, 0.6) is 0 Å². The number of hydrogen-bond acceptors (Lipinski definition) is 4. The molecular weight excluding hydrogens is 352 g/mol. The summed E-state index contributed by atoms with van der Waals surface area (Å²) in [7, 11) is 0. The first-order chi connectivity index (χ1) is 13.3. The zero-order valence-electron chi connectivity index (χ0n) is 17.3. The number of rotatable bonds is 3. The smallest absolute Gasteiger partial charge is 0.313 e. The summed E-state index contributed by atoms with van der Waals surface area (Å²) >= 11 is 0. The summed E-state index contributed by atoms with van der Waals surface area (Å²) in [6.07, 6.45) is 10.7. The van der Waals surface area contributed by atoms with Crippen LogP contribution >= 0.6 is 0 Å². The number of allylic oxidation sites excluding steroid dienone is 3. The van der Waals surface area contributed by atoms with E-state index in [1.165, 1.54) is 5.57 Å². The van der Waals surface area contributed by atoms with Gasteiger partial charge in [-0.05, 0) is 85.7 Å². The van der Waals surface area contributed by atoms with Gasteiger partial charge in [0, 0.05) is 6.42 Å². The monoisotopic (exact) mass is 384 g/mol. The highest BCUT2D eigenvalue weighted by molar-refractivity contribution is 5.91. The molecule has 0 amide bonds. The molecule has 0 aromatic heterocycles. The molecule has 0 aliphatic heterocycles. The number of esters is 1. The van der Waals surface area contributed by atoms with Crippen LogP contribution in [0.3, 0.4) is 0 Å². The molecule has 4 aliphatic carbocycles. The Balaban J connectivity index is 1.61. The van der Waals surface area contributed by atoms with Crippen molar-refractivity contribution >= 4 is 18.0 Å². The summed E-state index contributed by atoms with van der Waals surface area (Å²) in [6, 6.07) is 0. The molecule has 3 saturated carbocycles. The summed E-state index contributed by atoms with van der Waals surface area (Å²) in [5.41, 5.74) is 2.43. The summed E-state index contributed by atoms with van der Waals surface area (Å²) < 4.78 is 5.52. The van der Waals surface area contributed by atoms with Crippen molar-refractivity contribution in [2.45, 2.75) is 72.1 Å². The number of carbonyl (C=O) groups is 3. The fraction of sp³-hybridized carbons (Fsp3) is 0.708. The molecule has 0 radical (unpaired) electrons. The first-order valence-electron chi connectivity index (χ1n) is 11.0. The van der Waals surface area contributed by atoms with Crippen LogP contribution in [0.2, 0.25) is 0 Å². The Kier molecular flexibility index (Phi) is 5.09. The molecule has 4 rings (SSSR count). The van der Waals surface area contributed by atoms with Gasteiger partial charge in [0.1, 0.15) is 0 Å². The molecule has 3 fully saturated rings. The molecule has 4 heteroatoms. The summed E-state index contributed by atoms with van der Waals surface area (Å²) in [4.78, 5) is 35.7. The van der Waals surface area contributed by atoms with Crippen molar-refractivity contribution in [1.82, 2.24) is 0 Å². The van der Waals surface area contributed by atoms with Gasteiger partial charge < -0.3 is 4.74 Å². The van der Waals surface area contributed by atoms with Gasteiger partial charge in [-0.15, -0.1) is 0 Å². The van der Waals surface area contributed by atoms with E-state index in [-0.39, 0.29) is 23.1 Å². The molecule has 152 valence electrons. The highest BCUT2D eigenvalue weighted by Crippen LogP contribution is 2.63. The molecule has 0 bridgehead atoms. The van der Waals surface area contributed by atoms with E-state index in [0.717, 1.165) is 56.8 Å². The van der Waals surface area contributed by atoms with E-state index in [4.69, 9.17) is 4.74 Å². The van der Waals surface area contributed by atoms with Crippen LogP contribution in [-0.4, -0.2) is 18.0 Å². The first kappa shape index (κ1) is 19.6. The van der Waals surface area contributed by atoms with Gasteiger partial charge in [-0.2, -0.15) is 0 Å². The second-order valence-electron chi connectivity index (χ2n) is 9.83. The van der Waals surface area contributed by atoms with E-state index < -0.39 is 0 Å². The van der Waals surface area contributed by atoms with Crippen molar-refractivity contribution in [2.75, 3.05) is 0 Å². The van der Waals surface area contributed by atoms with Gasteiger partial charge in [0.15, 0.2) is 17.8 Å². The Morgan fingerprint density at radius 1 is 1.14 bits per heavy atom. The Hall–Kier alpha value is -1.71. The molecule has 28 heavy (non-hydrogen) atoms. The molecular formula is C24H32O4. The molecule has 0 aromatic rings. The number of fused-ring (bicyclic) bond motifs is 5. The van der Waals surface area contributed by atoms with Crippen molar-refractivity contribution in [3.8, 4) is 0 Å². The maximum absolute atomic E-state index is 12.1. The van der Waals surface area contributed by atoms with Crippen LogP contribution in [0.15, 0.2) is 23.0 Å². The fourth-order valence-electron chi connectivity index (χ4n) is 6.78. The molecule has 0 N–H and O–H groups in total. The van der Waals surface area contributed by atoms with E-state index in [2.05, 4.69) is 6.92 Å². The van der Waals surface area contributed by atoms with E-state index in [1.807, 2.05) is 6.08 Å². The maximum atomic E-state index is 12.1. The Bertz CT molecular complexity index is 759. The van der Waals surface area contributed by atoms with E-state index in [1.54, 1.807) is 13.8 Å². The minimum atomic E-state index is -0.324. The predicted molar refractivity (Wildman–Crippen MR) is 106 cm³/mol. The minimum Gasteiger partial charge on any atom is -0.423 e. The van der Waals surface area contributed by atoms with Crippen LogP contribution in [0, 0.1) is 35.0 Å². The molecule has 0 aromatic carbocycles. The lowest BCUT2D eigenvalue weighted by Crippen LogP contribution is -2.45. The summed E-state index contributed by atoms with van der Waals surface area (Å²) in [5, 5.41) is 0. The maximum Gasteiger partial charge on any atom is 0.313 e. The summed E-state index contributed by atoms with van der Waals surface area (Å²) in [6.45, 7) is 5.88. The van der Waals surface area contributed by atoms with Crippen LogP contribution in [-0.2, 0) is 19.1 Å². The van der Waals surface area contributed by atoms with Crippen LogP contribution in [0.25, 0.3) is 0 Å². The third-order valence-electron chi connectivity index (χ3n) is 8.17. The highest BCUT2D eigenvalue weighted by Gasteiger charge is 2.55. The predicted octanol–water partition coefficient (Wildman–Crippen LogP) is 4.78. The van der Waals surface area contributed by atoms with Crippen molar-refractivity contribution in [2.24, 2.45) is 35.0 Å². The number of carbonyl (C=O) groups excluding carboxylic acids is 3. The van der Waals surface area contributed by atoms with Gasteiger partial charge in [0.25, 0.3) is 0 Å². The van der Waals surface area contributed by atoms with Gasteiger partial charge >= 0.3 is 5.97 Å². The fourth-order valence-corrected chi connectivity index (χ4v) is 6.78. The van der Waals surface area contributed by atoms with Crippen LogP contribution in [0.1, 0.15) is 72.1 Å². The van der Waals surface area contributed by atoms with Crippen molar-refractivity contribution < 1.29 is 19.1 Å². The number of hydrogen-bond donors (Lipinski definition) is 0. The van der Waals surface area contributed by atoms with Crippen molar-refractivity contribution in [1.29, 1.82) is 0 Å². The third kappa shape index (κ3) is 3.09. The first-order valence-corrected chi connectivity index (χ1v) is 11.0. The Morgan fingerprint density at radius 3 is 2.64 bits per heavy atom. The Morgan fingerprint density at radius 2 is 1.93 bits per heavy atom. The van der Waals surface area contributed by atoms with E-state index in [0.29, 0.717) is 35.9 Å². The second-order valence-corrected chi connectivity index (χ2v) is 9.83. The normalized spacial score (nSPS) is 38.9. The van der Waals surface area contributed by atoms with Gasteiger partial charge in [-0.25, -0.2) is 0 Å². The number of ether oxygens (including phenoxy) is 1.